The van der Waals surface area contributed by atoms with Crippen LogP contribution in [0, 0.1) is 0 Å². The molecule has 206 valence electrons. The zero-order valence-corrected chi connectivity index (χ0v) is 23.4. The fourth-order valence-electron chi connectivity index (χ4n) is 4.31. The van der Waals surface area contributed by atoms with Crippen LogP contribution < -0.4 is 10.6 Å². The molecule has 0 atom stereocenters. The SMILES string of the molecule is O=C(NCCSSCCNC(=O)/C(Cc1cccc2ccccc12)=N/O)/C(Cc1cccc2ccccc12)=N/O. The summed E-state index contributed by atoms with van der Waals surface area (Å²) in [6, 6.07) is 27.4. The maximum absolute atomic E-state index is 12.5. The third kappa shape index (κ3) is 7.77. The van der Waals surface area contributed by atoms with E-state index >= 15 is 0 Å². The topological polar surface area (TPSA) is 123 Å². The molecule has 40 heavy (non-hydrogen) atoms. The number of hydrogen-bond donors (Lipinski definition) is 4. The van der Waals surface area contributed by atoms with Crippen molar-refractivity contribution >= 4 is 66.4 Å². The molecule has 4 aromatic rings. The standard InChI is InChI=1S/C30H30N4O4S2/c35-29(27(33-37)19-23-11-5-9-21-7-1-3-13-25(21)23)31-15-17-39-40-18-16-32-30(36)28(34-38)20-24-12-6-10-22-8-2-4-14-26(22)24/h1-14,37-38H,15-20H2,(H,31,35)(H,32,36)/b33-27+,34-28+. The fourth-order valence-corrected chi connectivity index (χ4v) is 6.12. The molecule has 0 radical (unpaired) electrons. The maximum atomic E-state index is 12.5. The predicted octanol–water partition coefficient (Wildman–Crippen LogP) is 5.05. The minimum absolute atomic E-state index is 0.0570. The van der Waals surface area contributed by atoms with Gasteiger partial charge in [0.2, 0.25) is 0 Å². The van der Waals surface area contributed by atoms with Gasteiger partial charge < -0.3 is 21.0 Å². The van der Waals surface area contributed by atoms with Crippen LogP contribution >= 0.6 is 21.6 Å². The van der Waals surface area contributed by atoms with Gasteiger partial charge in [0.1, 0.15) is 11.4 Å². The first-order valence-electron chi connectivity index (χ1n) is 12.8. The lowest BCUT2D eigenvalue weighted by atomic mass is 10.00. The first kappa shape index (κ1) is 29.0. The molecule has 0 saturated carbocycles. The Morgan fingerprint density at radius 3 is 1.43 bits per heavy atom. The van der Waals surface area contributed by atoms with Crippen molar-refractivity contribution in [3.63, 3.8) is 0 Å². The van der Waals surface area contributed by atoms with Crippen LogP contribution in [-0.2, 0) is 22.4 Å². The van der Waals surface area contributed by atoms with Gasteiger partial charge >= 0.3 is 0 Å². The van der Waals surface area contributed by atoms with Gasteiger partial charge in [-0.1, -0.05) is 117 Å². The summed E-state index contributed by atoms with van der Waals surface area (Å²) in [5.41, 5.74) is 1.95. The van der Waals surface area contributed by atoms with E-state index in [1.165, 1.54) is 0 Å². The highest BCUT2D eigenvalue weighted by atomic mass is 33.1. The second kappa shape index (κ2) is 14.9. The van der Waals surface area contributed by atoms with E-state index in [0.29, 0.717) is 24.6 Å². The Hall–Kier alpha value is -4.02. The Kier molecular flexibility index (Phi) is 10.8. The van der Waals surface area contributed by atoms with Crippen molar-refractivity contribution in [2.24, 2.45) is 10.3 Å². The number of nitrogens with one attached hydrogen (secondary N) is 2. The highest BCUT2D eigenvalue weighted by molar-refractivity contribution is 8.76. The van der Waals surface area contributed by atoms with E-state index in [1.807, 2.05) is 84.9 Å². The molecule has 4 aromatic carbocycles. The number of amides is 2. The molecule has 0 fully saturated rings. The minimum atomic E-state index is -0.407. The van der Waals surface area contributed by atoms with Gasteiger partial charge in [0, 0.05) is 37.4 Å². The molecule has 0 heterocycles. The van der Waals surface area contributed by atoms with Crippen LogP contribution in [0.2, 0.25) is 0 Å². The average Bonchev–Trinajstić information content (AvgIpc) is 2.99. The van der Waals surface area contributed by atoms with Crippen LogP contribution in [0.15, 0.2) is 95.2 Å². The van der Waals surface area contributed by atoms with E-state index in [1.54, 1.807) is 21.6 Å². The summed E-state index contributed by atoms with van der Waals surface area (Å²) in [5, 5.41) is 35.1. The lowest BCUT2D eigenvalue weighted by molar-refractivity contribution is -0.115. The molecule has 0 aliphatic rings. The van der Waals surface area contributed by atoms with Gasteiger partial charge in [-0.15, -0.1) is 0 Å². The Morgan fingerprint density at radius 2 is 1.00 bits per heavy atom. The van der Waals surface area contributed by atoms with Crippen molar-refractivity contribution in [3.8, 4) is 0 Å². The molecule has 0 aliphatic carbocycles. The minimum Gasteiger partial charge on any atom is -0.410 e. The summed E-state index contributed by atoms with van der Waals surface area (Å²) in [4.78, 5) is 25.0. The highest BCUT2D eigenvalue weighted by Crippen LogP contribution is 2.21. The summed E-state index contributed by atoms with van der Waals surface area (Å²) in [6.45, 7) is 0.813. The fraction of sp³-hybridized carbons (Fsp3) is 0.200. The van der Waals surface area contributed by atoms with Crippen LogP contribution in [0.4, 0.5) is 0 Å². The monoisotopic (exact) mass is 574 g/mol. The summed E-state index contributed by atoms with van der Waals surface area (Å²) in [6.07, 6.45) is 0.454. The quantitative estimate of drug-likeness (QED) is 0.0583. The molecular formula is C30H30N4O4S2. The number of fused-ring (bicyclic) bond motifs is 2. The Balaban J connectivity index is 1.13. The largest absolute Gasteiger partial charge is 0.410 e. The number of benzene rings is 4. The molecule has 0 saturated heterocycles. The molecule has 0 aromatic heterocycles. The van der Waals surface area contributed by atoms with E-state index in [4.69, 9.17) is 0 Å². The smallest absolute Gasteiger partial charge is 0.269 e. The molecule has 0 spiro atoms. The van der Waals surface area contributed by atoms with Crippen molar-refractivity contribution in [1.82, 2.24) is 10.6 Å². The third-order valence-electron chi connectivity index (χ3n) is 6.27. The van der Waals surface area contributed by atoms with Gasteiger partial charge in [0.15, 0.2) is 0 Å². The maximum Gasteiger partial charge on any atom is 0.269 e. The summed E-state index contributed by atoms with van der Waals surface area (Å²) in [7, 11) is 3.12. The molecule has 0 bridgehead atoms. The predicted molar refractivity (Wildman–Crippen MR) is 165 cm³/mol. The lowest BCUT2D eigenvalue weighted by Crippen LogP contribution is -2.34. The summed E-state index contributed by atoms with van der Waals surface area (Å²) >= 11 is 0. The number of rotatable bonds is 13. The normalized spacial score (nSPS) is 12.0. The number of carbonyl (C=O) groups excluding carboxylic acids is 2. The third-order valence-corrected chi connectivity index (χ3v) is 8.67. The van der Waals surface area contributed by atoms with E-state index in [2.05, 4.69) is 20.9 Å². The van der Waals surface area contributed by atoms with Crippen molar-refractivity contribution in [1.29, 1.82) is 0 Å². The zero-order valence-electron chi connectivity index (χ0n) is 21.7. The van der Waals surface area contributed by atoms with E-state index in [9.17, 15) is 20.0 Å². The Labute approximate surface area is 240 Å². The van der Waals surface area contributed by atoms with E-state index in [-0.39, 0.29) is 24.3 Å². The first-order chi connectivity index (χ1) is 19.6. The van der Waals surface area contributed by atoms with Gasteiger partial charge in [-0.05, 0) is 32.7 Å². The molecule has 2 amide bonds. The van der Waals surface area contributed by atoms with Crippen LogP contribution in [0.3, 0.4) is 0 Å². The van der Waals surface area contributed by atoms with Gasteiger partial charge in [0.25, 0.3) is 11.8 Å². The molecule has 8 nitrogen and oxygen atoms in total. The summed E-state index contributed by atoms with van der Waals surface area (Å²) in [5.74, 6) is 0.467. The summed E-state index contributed by atoms with van der Waals surface area (Å²) < 4.78 is 0. The number of carbonyl (C=O) groups is 2. The Bertz CT molecular complexity index is 1410. The number of oxime groups is 2. The highest BCUT2D eigenvalue weighted by Gasteiger charge is 2.15. The lowest BCUT2D eigenvalue weighted by Gasteiger charge is -2.10. The van der Waals surface area contributed by atoms with E-state index in [0.717, 1.165) is 32.7 Å². The molecule has 0 unspecified atom stereocenters. The van der Waals surface area contributed by atoms with Crippen LogP contribution in [0.5, 0.6) is 0 Å². The second-order valence-corrected chi connectivity index (χ2v) is 11.6. The van der Waals surface area contributed by atoms with Crippen molar-refractivity contribution in [3.05, 3.63) is 96.1 Å². The number of hydrogen-bond acceptors (Lipinski definition) is 8. The molecule has 10 heteroatoms. The van der Waals surface area contributed by atoms with Crippen LogP contribution in [0.1, 0.15) is 11.1 Å². The second-order valence-electron chi connectivity index (χ2n) is 8.88. The van der Waals surface area contributed by atoms with E-state index < -0.39 is 11.8 Å². The first-order valence-corrected chi connectivity index (χ1v) is 15.3. The molecule has 4 N–H and O–H groups in total. The Morgan fingerprint density at radius 1 is 0.600 bits per heavy atom. The van der Waals surface area contributed by atoms with Gasteiger partial charge in [-0.3, -0.25) is 9.59 Å². The van der Waals surface area contributed by atoms with Gasteiger partial charge in [-0.25, -0.2) is 0 Å². The molecule has 4 rings (SSSR count). The average molecular weight is 575 g/mol. The van der Waals surface area contributed by atoms with Crippen molar-refractivity contribution < 1.29 is 20.0 Å². The van der Waals surface area contributed by atoms with Gasteiger partial charge in [-0.2, -0.15) is 0 Å². The molecule has 0 aliphatic heterocycles. The van der Waals surface area contributed by atoms with Crippen molar-refractivity contribution in [2.75, 3.05) is 24.6 Å². The zero-order chi connectivity index (χ0) is 28.2. The number of nitrogens with zero attached hydrogens (tertiary/aromatic N) is 2. The van der Waals surface area contributed by atoms with Gasteiger partial charge in [0.05, 0.1) is 0 Å². The van der Waals surface area contributed by atoms with Crippen LogP contribution in [-0.4, -0.2) is 58.2 Å². The van der Waals surface area contributed by atoms with Crippen LogP contribution in [0.25, 0.3) is 21.5 Å². The van der Waals surface area contributed by atoms with Crippen molar-refractivity contribution in [2.45, 2.75) is 12.8 Å². The molecular weight excluding hydrogens is 544 g/mol.